The lowest BCUT2D eigenvalue weighted by Crippen LogP contribution is -2.32. The fourth-order valence-corrected chi connectivity index (χ4v) is 3.99. The van der Waals surface area contributed by atoms with Gasteiger partial charge in [-0.1, -0.05) is 31.1 Å². The zero-order valence-corrected chi connectivity index (χ0v) is 14.6. The maximum absolute atomic E-state index is 5.40. The lowest BCUT2D eigenvalue weighted by atomic mass is 9.83. The maximum atomic E-state index is 5.40. The Labute approximate surface area is 132 Å². The van der Waals surface area contributed by atoms with E-state index in [0.29, 0.717) is 6.04 Å². The molecule has 0 spiro atoms. The largest absolute Gasteiger partial charge is 0.480 e. The molecular formula is C16H29N3OS. The minimum absolute atomic E-state index is 0.660. The van der Waals surface area contributed by atoms with Crippen LogP contribution in [0.3, 0.4) is 0 Å². The summed E-state index contributed by atoms with van der Waals surface area (Å²) in [6, 6.07) is 0.660. The van der Waals surface area contributed by atoms with Gasteiger partial charge in [0.2, 0.25) is 5.88 Å². The Bertz CT molecular complexity index is 425. The summed E-state index contributed by atoms with van der Waals surface area (Å²) in [7, 11) is 5.74. The third-order valence-corrected chi connectivity index (χ3v) is 5.53. The normalized spacial score (nSPS) is 22.3. The first-order valence-electron chi connectivity index (χ1n) is 8.08. The topological polar surface area (TPSA) is 37.4 Å². The van der Waals surface area contributed by atoms with Crippen LogP contribution >= 0.6 is 11.3 Å². The molecule has 1 aromatic rings. The minimum Gasteiger partial charge on any atom is -0.480 e. The maximum Gasteiger partial charge on any atom is 0.230 e. The predicted molar refractivity (Wildman–Crippen MR) is 90.5 cm³/mol. The molecular weight excluding hydrogens is 282 g/mol. The molecule has 0 unspecified atom stereocenters. The molecule has 1 fully saturated rings. The zero-order chi connectivity index (χ0) is 15.2. The van der Waals surface area contributed by atoms with E-state index < -0.39 is 0 Å². The Hall–Kier alpha value is -0.810. The monoisotopic (exact) mass is 311 g/mol. The van der Waals surface area contributed by atoms with Crippen molar-refractivity contribution in [1.29, 1.82) is 0 Å². The molecule has 0 bridgehead atoms. The van der Waals surface area contributed by atoms with Crippen LogP contribution in [0.15, 0.2) is 0 Å². The number of ether oxygens (including phenoxy) is 1. The molecule has 21 heavy (non-hydrogen) atoms. The van der Waals surface area contributed by atoms with Crippen LogP contribution in [0.4, 0.5) is 5.13 Å². The van der Waals surface area contributed by atoms with Crippen molar-refractivity contribution in [3.05, 3.63) is 4.88 Å². The molecule has 1 aliphatic rings. The molecule has 4 nitrogen and oxygen atoms in total. The third-order valence-electron chi connectivity index (χ3n) is 4.32. The van der Waals surface area contributed by atoms with Gasteiger partial charge < -0.3 is 15.0 Å². The standard InChI is InChI=1S/C16H29N3OS/c1-5-6-12-7-9-13(10-8-12)17-11-14-15(20-4)18-16(21-14)19(2)3/h12-13,17H,5-11H2,1-4H3. The van der Waals surface area contributed by atoms with Gasteiger partial charge in [0.1, 0.15) is 0 Å². The molecule has 120 valence electrons. The van der Waals surface area contributed by atoms with Gasteiger partial charge in [-0.15, -0.1) is 0 Å². The van der Waals surface area contributed by atoms with Crippen LogP contribution in [0.1, 0.15) is 50.3 Å². The van der Waals surface area contributed by atoms with Gasteiger partial charge in [-0.25, -0.2) is 0 Å². The molecule has 0 aromatic carbocycles. The molecule has 1 heterocycles. The van der Waals surface area contributed by atoms with Crippen molar-refractivity contribution in [3.8, 4) is 5.88 Å². The van der Waals surface area contributed by atoms with Gasteiger partial charge in [0.05, 0.1) is 12.0 Å². The summed E-state index contributed by atoms with van der Waals surface area (Å²) >= 11 is 1.72. The molecule has 0 saturated heterocycles. The van der Waals surface area contributed by atoms with Crippen LogP contribution in [0.5, 0.6) is 5.88 Å². The van der Waals surface area contributed by atoms with Crippen LogP contribution < -0.4 is 15.0 Å². The zero-order valence-electron chi connectivity index (χ0n) is 13.8. The number of methoxy groups -OCH3 is 1. The van der Waals surface area contributed by atoms with Gasteiger partial charge >= 0.3 is 0 Å². The molecule has 2 rings (SSSR count). The average Bonchev–Trinajstić information content (AvgIpc) is 2.90. The van der Waals surface area contributed by atoms with E-state index in [-0.39, 0.29) is 0 Å². The molecule has 0 aliphatic heterocycles. The number of nitrogens with one attached hydrogen (secondary N) is 1. The average molecular weight is 311 g/mol. The number of nitrogens with zero attached hydrogens (tertiary/aromatic N) is 2. The van der Waals surface area contributed by atoms with Gasteiger partial charge in [-0.2, -0.15) is 4.98 Å². The highest BCUT2D eigenvalue weighted by atomic mass is 32.1. The second-order valence-corrected chi connectivity index (χ2v) is 7.27. The third kappa shape index (κ3) is 4.58. The first-order chi connectivity index (χ1) is 10.1. The lowest BCUT2D eigenvalue weighted by molar-refractivity contribution is 0.277. The first-order valence-corrected chi connectivity index (χ1v) is 8.90. The highest BCUT2D eigenvalue weighted by molar-refractivity contribution is 7.15. The van der Waals surface area contributed by atoms with Gasteiger partial charge in [0.25, 0.3) is 0 Å². The van der Waals surface area contributed by atoms with Crippen molar-refractivity contribution < 1.29 is 4.74 Å². The van der Waals surface area contributed by atoms with E-state index in [4.69, 9.17) is 4.74 Å². The fraction of sp³-hybridized carbons (Fsp3) is 0.812. The van der Waals surface area contributed by atoms with Gasteiger partial charge in [0.15, 0.2) is 5.13 Å². The van der Waals surface area contributed by atoms with Crippen LogP contribution in [-0.4, -0.2) is 32.2 Å². The van der Waals surface area contributed by atoms with E-state index in [1.54, 1.807) is 18.4 Å². The predicted octanol–water partition coefficient (Wildman–Crippen LogP) is 3.67. The van der Waals surface area contributed by atoms with Crippen molar-refractivity contribution >= 4 is 16.5 Å². The summed E-state index contributed by atoms with van der Waals surface area (Å²) in [5, 5.41) is 4.71. The Kier molecular flexibility index (Phi) is 6.30. The lowest BCUT2D eigenvalue weighted by Gasteiger charge is -2.29. The van der Waals surface area contributed by atoms with Crippen molar-refractivity contribution in [3.63, 3.8) is 0 Å². The second-order valence-electron chi connectivity index (χ2n) is 6.21. The molecule has 1 saturated carbocycles. The van der Waals surface area contributed by atoms with E-state index >= 15 is 0 Å². The number of rotatable bonds is 7. The SMILES string of the molecule is CCCC1CCC(NCc2sc(N(C)C)nc2OC)CC1. The van der Waals surface area contributed by atoms with Crippen LogP contribution in [0.2, 0.25) is 0 Å². The summed E-state index contributed by atoms with van der Waals surface area (Å²) in [6.45, 7) is 3.17. The first kappa shape index (κ1) is 16.6. The van der Waals surface area contributed by atoms with E-state index in [0.717, 1.165) is 23.5 Å². The molecule has 0 radical (unpaired) electrons. The molecule has 1 aliphatic carbocycles. The van der Waals surface area contributed by atoms with E-state index in [2.05, 4.69) is 17.2 Å². The van der Waals surface area contributed by atoms with E-state index in [9.17, 15) is 0 Å². The van der Waals surface area contributed by atoms with Crippen LogP contribution in [0.25, 0.3) is 0 Å². The number of thiazole rings is 1. The van der Waals surface area contributed by atoms with Gasteiger partial charge in [0, 0.05) is 26.7 Å². The summed E-state index contributed by atoms with van der Waals surface area (Å²) < 4.78 is 5.40. The Morgan fingerprint density at radius 1 is 1.29 bits per heavy atom. The van der Waals surface area contributed by atoms with Gasteiger partial charge in [-0.05, 0) is 31.6 Å². The molecule has 5 heteroatoms. The Morgan fingerprint density at radius 3 is 2.57 bits per heavy atom. The molecule has 1 N–H and O–H groups in total. The smallest absolute Gasteiger partial charge is 0.230 e. The highest BCUT2D eigenvalue weighted by Gasteiger charge is 2.21. The fourth-order valence-electron chi connectivity index (χ4n) is 3.09. The highest BCUT2D eigenvalue weighted by Crippen LogP contribution is 2.31. The van der Waals surface area contributed by atoms with Crippen molar-refractivity contribution in [1.82, 2.24) is 10.3 Å². The number of anilines is 1. The summed E-state index contributed by atoms with van der Waals surface area (Å²) in [4.78, 5) is 7.75. The summed E-state index contributed by atoms with van der Waals surface area (Å²) in [5.74, 6) is 1.74. The van der Waals surface area contributed by atoms with Gasteiger partial charge in [-0.3, -0.25) is 0 Å². The summed E-state index contributed by atoms with van der Waals surface area (Å²) in [5.41, 5.74) is 0. The van der Waals surface area contributed by atoms with Crippen molar-refractivity contribution in [2.45, 2.75) is 58.0 Å². The van der Waals surface area contributed by atoms with Crippen molar-refractivity contribution in [2.75, 3.05) is 26.1 Å². The second kappa shape index (κ2) is 7.99. The summed E-state index contributed by atoms with van der Waals surface area (Å²) in [6.07, 6.45) is 8.12. The van der Waals surface area contributed by atoms with Crippen LogP contribution in [0, 0.1) is 5.92 Å². The minimum atomic E-state index is 0.660. The number of hydrogen-bond acceptors (Lipinski definition) is 5. The molecule has 1 aromatic heterocycles. The van der Waals surface area contributed by atoms with Crippen LogP contribution in [-0.2, 0) is 6.54 Å². The number of aromatic nitrogens is 1. The molecule has 0 atom stereocenters. The Morgan fingerprint density at radius 2 is 2.00 bits per heavy atom. The number of hydrogen-bond donors (Lipinski definition) is 1. The Balaban J connectivity index is 1.83. The van der Waals surface area contributed by atoms with Crippen molar-refractivity contribution in [2.24, 2.45) is 5.92 Å². The van der Waals surface area contributed by atoms with E-state index in [1.165, 1.54) is 43.4 Å². The molecule has 0 amide bonds. The quantitative estimate of drug-likeness (QED) is 0.834. The van der Waals surface area contributed by atoms with E-state index in [1.807, 2.05) is 19.0 Å².